The van der Waals surface area contributed by atoms with Crippen LogP contribution in [0.3, 0.4) is 0 Å². The van der Waals surface area contributed by atoms with Gasteiger partial charge in [-0.25, -0.2) is 4.99 Å². The average Bonchev–Trinajstić information content (AvgIpc) is 2.50. The third-order valence-corrected chi connectivity index (χ3v) is 3.56. The Labute approximate surface area is 81.3 Å². The second-order valence-corrected chi connectivity index (χ2v) is 4.51. The van der Waals surface area contributed by atoms with Crippen molar-refractivity contribution in [2.45, 2.75) is 18.1 Å². The van der Waals surface area contributed by atoms with Crippen LogP contribution < -0.4 is 0 Å². The molecule has 0 saturated heterocycles. The molecule has 0 aromatic heterocycles. The van der Waals surface area contributed by atoms with Gasteiger partial charge in [0.15, 0.2) is 0 Å². The van der Waals surface area contributed by atoms with Crippen LogP contribution in [0.5, 0.6) is 0 Å². The summed E-state index contributed by atoms with van der Waals surface area (Å²) in [7, 11) is 0. The molecular formula is C9H11NO2S. The molecule has 1 amide bonds. The van der Waals surface area contributed by atoms with Crippen LogP contribution in [0.2, 0.25) is 0 Å². The van der Waals surface area contributed by atoms with E-state index in [0.29, 0.717) is 6.61 Å². The summed E-state index contributed by atoms with van der Waals surface area (Å²) in [6, 6.07) is 0. The smallest absolute Gasteiger partial charge is 0.266 e. The summed E-state index contributed by atoms with van der Waals surface area (Å²) in [6.45, 7) is 3.28. The third kappa shape index (κ3) is 1.44. The first-order chi connectivity index (χ1) is 6.23. The van der Waals surface area contributed by atoms with Crippen LogP contribution in [0.1, 0.15) is 13.3 Å². The van der Waals surface area contributed by atoms with E-state index in [1.807, 2.05) is 13.0 Å². The molecule has 0 aromatic carbocycles. The quantitative estimate of drug-likeness (QED) is 0.596. The lowest BCUT2D eigenvalue weighted by Crippen LogP contribution is -2.31. The molecule has 0 aromatic rings. The Morgan fingerprint density at radius 2 is 2.54 bits per heavy atom. The number of carbonyl (C=O) groups is 1. The summed E-state index contributed by atoms with van der Waals surface area (Å²) in [5.74, 6) is -0.0364. The van der Waals surface area contributed by atoms with E-state index in [0.717, 1.165) is 18.6 Å². The molecule has 2 aliphatic rings. The molecule has 2 rings (SSSR count). The summed E-state index contributed by atoms with van der Waals surface area (Å²) in [6.07, 6.45) is 2.85. The Hall–Kier alpha value is -0.610. The highest BCUT2D eigenvalue weighted by atomic mass is 32.2. The molecule has 0 aliphatic carbocycles. The van der Waals surface area contributed by atoms with Gasteiger partial charge in [0.25, 0.3) is 5.91 Å². The maximum absolute atomic E-state index is 11.5. The Morgan fingerprint density at radius 3 is 3.08 bits per heavy atom. The number of carbonyl (C=O) groups excluding carboxylic acids is 1. The van der Waals surface area contributed by atoms with E-state index in [4.69, 9.17) is 4.74 Å². The van der Waals surface area contributed by atoms with Gasteiger partial charge < -0.3 is 4.74 Å². The lowest BCUT2D eigenvalue weighted by molar-refractivity contribution is -0.118. The molecule has 1 atom stereocenters. The van der Waals surface area contributed by atoms with Crippen molar-refractivity contribution in [3.63, 3.8) is 0 Å². The van der Waals surface area contributed by atoms with E-state index in [2.05, 4.69) is 4.99 Å². The predicted octanol–water partition coefficient (Wildman–Crippen LogP) is 1.39. The van der Waals surface area contributed by atoms with Crippen molar-refractivity contribution in [3.8, 4) is 0 Å². The summed E-state index contributed by atoms with van der Waals surface area (Å²) in [5, 5.41) is 0. The summed E-state index contributed by atoms with van der Waals surface area (Å²) >= 11 is 1.49. The van der Waals surface area contributed by atoms with Crippen LogP contribution >= 0.6 is 11.8 Å². The van der Waals surface area contributed by atoms with Crippen LogP contribution in [0, 0.1) is 0 Å². The number of rotatable bonds is 1. The minimum absolute atomic E-state index is 0.0364. The monoisotopic (exact) mass is 197 g/mol. The van der Waals surface area contributed by atoms with Gasteiger partial charge in [-0.05, 0) is 18.9 Å². The molecular weight excluding hydrogens is 186 g/mol. The molecule has 0 N–H and O–H groups in total. The molecule has 3 nitrogen and oxygen atoms in total. The van der Waals surface area contributed by atoms with Crippen LogP contribution in [0.4, 0.5) is 0 Å². The highest BCUT2D eigenvalue weighted by Crippen LogP contribution is 2.38. The highest BCUT2D eigenvalue weighted by Gasteiger charge is 2.40. The summed E-state index contributed by atoms with van der Waals surface area (Å²) < 4.78 is 4.76. The normalized spacial score (nSPS) is 33.6. The van der Waals surface area contributed by atoms with E-state index >= 15 is 0 Å². The summed E-state index contributed by atoms with van der Waals surface area (Å²) in [5.41, 5.74) is 2.80. The van der Waals surface area contributed by atoms with Crippen molar-refractivity contribution in [2.24, 2.45) is 4.99 Å². The molecule has 0 spiro atoms. The molecule has 0 radical (unpaired) electrons. The lowest BCUT2D eigenvalue weighted by atomic mass is 9.95. The average molecular weight is 197 g/mol. The van der Waals surface area contributed by atoms with Crippen molar-refractivity contribution in [1.29, 1.82) is 0 Å². The number of thioether (sulfide) groups is 1. The first kappa shape index (κ1) is 8.97. The zero-order valence-corrected chi connectivity index (χ0v) is 8.26. The van der Waals surface area contributed by atoms with Crippen LogP contribution in [-0.4, -0.2) is 29.4 Å². The number of amides is 1. The van der Waals surface area contributed by atoms with Crippen molar-refractivity contribution in [2.75, 3.05) is 13.2 Å². The number of nitrogens with zero attached hydrogens (tertiary/aromatic N) is 1. The fourth-order valence-electron chi connectivity index (χ4n) is 1.53. The first-order valence-corrected chi connectivity index (χ1v) is 5.13. The van der Waals surface area contributed by atoms with Crippen LogP contribution in [0.25, 0.3) is 0 Å². The zero-order chi connectivity index (χ0) is 9.31. The number of hydrogen-bond acceptors (Lipinski definition) is 3. The Bertz CT molecular complexity index is 298. The van der Waals surface area contributed by atoms with E-state index in [1.165, 1.54) is 11.8 Å². The van der Waals surface area contributed by atoms with Crippen molar-refractivity contribution < 1.29 is 9.53 Å². The van der Waals surface area contributed by atoms with E-state index in [-0.39, 0.29) is 5.91 Å². The summed E-state index contributed by atoms with van der Waals surface area (Å²) in [4.78, 5) is 15.3. The molecule has 0 saturated carbocycles. The van der Waals surface area contributed by atoms with Crippen molar-refractivity contribution >= 4 is 23.2 Å². The second kappa shape index (κ2) is 3.27. The van der Waals surface area contributed by atoms with Gasteiger partial charge in [-0.1, -0.05) is 17.8 Å². The molecule has 0 fully saturated rings. The van der Waals surface area contributed by atoms with Gasteiger partial charge in [0, 0.05) is 0 Å². The molecule has 4 heteroatoms. The standard InChI is InChI=1S/C9H11NO2S/c1-9(8(11)10-6-13-9)7-2-4-12-5-3-7/h2,6H,3-5H2,1H3. The lowest BCUT2D eigenvalue weighted by Gasteiger charge is -2.25. The van der Waals surface area contributed by atoms with Gasteiger partial charge in [0.2, 0.25) is 0 Å². The molecule has 2 heterocycles. The molecule has 0 bridgehead atoms. The second-order valence-electron chi connectivity index (χ2n) is 3.25. The largest absolute Gasteiger partial charge is 0.377 e. The molecule has 1 unspecified atom stereocenters. The minimum atomic E-state index is -0.441. The zero-order valence-electron chi connectivity index (χ0n) is 7.45. The van der Waals surface area contributed by atoms with Crippen molar-refractivity contribution in [3.05, 3.63) is 11.6 Å². The van der Waals surface area contributed by atoms with Gasteiger partial charge in [-0.2, -0.15) is 0 Å². The van der Waals surface area contributed by atoms with E-state index in [1.54, 1.807) is 5.55 Å². The number of ether oxygens (including phenoxy) is 1. The Kier molecular flexibility index (Phi) is 2.26. The SMILES string of the molecule is CC1(C2=CCOCC2)SC=NC1=O. The fourth-order valence-corrected chi connectivity index (χ4v) is 2.38. The van der Waals surface area contributed by atoms with Gasteiger partial charge in [0.1, 0.15) is 4.75 Å². The topological polar surface area (TPSA) is 38.7 Å². The van der Waals surface area contributed by atoms with Crippen LogP contribution in [0.15, 0.2) is 16.6 Å². The van der Waals surface area contributed by atoms with Gasteiger partial charge in [-0.3, -0.25) is 4.79 Å². The van der Waals surface area contributed by atoms with E-state index < -0.39 is 4.75 Å². The molecule has 70 valence electrons. The molecule has 2 aliphatic heterocycles. The maximum Gasteiger partial charge on any atom is 0.266 e. The van der Waals surface area contributed by atoms with E-state index in [9.17, 15) is 4.79 Å². The van der Waals surface area contributed by atoms with Gasteiger partial charge >= 0.3 is 0 Å². The fraction of sp³-hybridized carbons (Fsp3) is 0.556. The third-order valence-electron chi connectivity index (χ3n) is 2.44. The van der Waals surface area contributed by atoms with Gasteiger partial charge in [0.05, 0.1) is 18.8 Å². The number of aliphatic imine (C=N–C) groups is 1. The maximum atomic E-state index is 11.5. The van der Waals surface area contributed by atoms with Crippen molar-refractivity contribution in [1.82, 2.24) is 0 Å². The first-order valence-electron chi connectivity index (χ1n) is 4.25. The highest BCUT2D eigenvalue weighted by molar-refractivity contribution is 8.14. The van der Waals surface area contributed by atoms with Gasteiger partial charge in [-0.15, -0.1) is 0 Å². The predicted molar refractivity (Wildman–Crippen MR) is 53.0 cm³/mol. The Balaban J connectivity index is 2.24. The minimum Gasteiger partial charge on any atom is -0.377 e. The molecule has 13 heavy (non-hydrogen) atoms. The van der Waals surface area contributed by atoms with Crippen LogP contribution in [-0.2, 0) is 9.53 Å². The number of hydrogen-bond donors (Lipinski definition) is 0. The Morgan fingerprint density at radius 1 is 1.69 bits per heavy atom.